The molecule has 1 saturated carbocycles. The number of methoxy groups -OCH3 is 1. The van der Waals surface area contributed by atoms with Crippen molar-refractivity contribution in [1.82, 2.24) is 14.9 Å². The molecule has 53 heavy (non-hydrogen) atoms. The van der Waals surface area contributed by atoms with Crippen molar-refractivity contribution in [3.05, 3.63) is 89.5 Å². The van der Waals surface area contributed by atoms with Crippen LogP contribution < -0.4 is 14.8 Å². The molecular formula is C39H46N4O10. The molecule has 282 valence electrons. The lowest BCUT2D eigenvalue weighted by molar-refractivity contribution is -0.154. The molecule has 1 aliphatic heterocycles. The molecule has 0 radical (unpaired) electrons. The predicted molar refractivity (Wildman–Crippen MR) is 193 cm³/mol. The molecule has 14 heteroatoms. The minimum absolute atomic E-state index is 0.00204. The quantitative estimate of drug-likeness (QED) is 0.114. The van der Waals surface area contributed by atoms with E-state index in [-0.39, 0.29) is 43.6 Å². The van der Waals surface area contributed by atoms with Gasteiger partial charge in [-0.2, -0.15) is 0 Å². The van der Waals surface area contributed by atoms with Crippen LogP contribution in [-0.4, -0.2) is 85.0 Å². The number of esters is 1. The average Bonchev–Trinajstić information content (AvgIpc) is 3.91. The molecule has 1 heterocycles. The van der Waals surface area contributed by atoms with Gasteiger partial charge in [-0.05, 0) is 86.1 Å². The molecule has 0 bridgehead atoms. The SMILES string of the molecule is COc1ccc(CN(C(=O)OCOC(=O)CCC(=O)N2CCCC2)N(C)C(=O)c2ccc(NC(=O)OCc3ccccc3)cc2)cc1OC1CCCC1. The summed E-state index contributed by atoms with van der Waals surface area (Å²) in [6, 6.07) is 20.6. The van der Waals surface area contributed by atoms with E-state index in [4.69, 9.17) is 23.7 Å². The van der Waals surface area contributed by atoms with Crippen molar-refractivity contribution in [2.24, 2.45) is 0 Å². The molecule has 0 atom stereocenters. The van der Waals surface area contributed by atoms with E-state index in [1.165, 1.54) is 31.3 Å². The van der Waals surface area contributed by atoms with E-state index in [1.807, 2.05) is 30.3 Å². The Kier molecular flexibility index (Phi) is 13.9. The van der Waals surface area contributed by atoms with E-state index in [2.05, 4.69) is 5.32 Å². The van der Waals surface area contributed by atoms with Gasteiger partial charge in [0.1, 0.15) is 6.61 Å². The van der Waals surface area contributed by atoms with Gasteiger partial charge in [-0.3, -0.25) is 19.7 Å². The molecule has 0 unspecified atom stereocenters. The van der Waals surface area contributed by atoms with Crippen LogP contribution in [0.4, 0.5) is 15.3 Å². The van der Waals surface area contributed by atoms with Crippen LogP contribution in [0.5, 0.6) is 11.5 Å². The van der Waals surface area contributed by atoms with Gasteiger partial charge in [0, 0.05) is 37.8 Å². The topological polar surface area (TPSA) is 153 Å². The molecule has 2 fully saturated rings. The van der Waals surface area contributed by atoms with Crippen molar-refractivity contribution in [2.45, 2.75) is 70.6 Å². The van der Waals surface area contributed by atoms with Crippen molar-refractivity contribution in [3.63, 3.8) is 0 Å². The number of carbonyl (C=O) groups excluding carboxylic acids is 5. The van der Waals surface area contributed by atoms with E-state index in [0.29, 0.717) is 35.8 Å². The highest BCUT2D eigenvalue weighted by Crippen LogP contribution is 2.33. The molecule has 2 aliphatic rings. The monoisotopic (exact) mass is 730 g/mol. The molecule has 1 saturated heterocycles. The number of rotatable bonds is 14. The molecule has 3 aromatic carbocycles. The third kappa shape index (κ3) is 11.3. The number of ether oxygens (including phenoxy) is 5. The van der Waals surface area contributed by atoms with Gasteiger partial charge in [-0.25, -0.2) is 19.6 Å². The number of nitrogens with zero attached hydrogens (tertiary/aromatic N) is 3. The highest BCUT2D eigenvalue weighted by atomic mass is 16.7. The lowest BCUT2D eigenvalue weighted by Crippen LogP contribution is -2.47. The minimum Gasteiger partial charge on any atom is -0.493 e. The number of anilines is 1. The molecule has 1 N–H and O–H groups in total. The van der Waals surface area contributed by atoms with Crippen LogP contribution in [0.2, 0.25) is 0 Å². The van der Waals surface area contributed by atoms with Gasteiger partial charge in [-0.1, -0.05) is 36.4 Å². The number of likely N-dealkylation sites (tertiary alicyclic amines) is 1. The lowest BCUT2D eigenvalue weighted by atomic mass is 10.1. The van der Waals surface area contributed by atoms with Crippen LogP contribution in [0.3, 0.4) is 0 Å². The maximum atomic E-state index is 13.7. The summed E-state index contributed by atoms with van der Waals surface area (Å²) in [5, 5.41) is 4.79. The highest BCUT2D eigenvalue weighted by Gasteiger charge is 2.27. The summed E-state index contributed by atoms with van der Waals surface area (Å²) in [5.74, 6) is -0.323. The summed E-state index contributed by atoms with van der Waals surface area (Å²) in [6.45, 7) is 0.631. The van der Waals surface area contributed by atoms with E-state index in [9.17, 15) is 24.0 Å². The fourth-order valence-electron chi connectivity index (χ4n) is 6.06. The van der Waals surface area contributed by atoms with Crippen LogP contribution in [0.15, 0.2) is 72.8 Å². The number of hydrogen-bond donors (Lipinski definition) is 1. The predicted octanol–water partition coefficient (Wildman–Crippen LogP) is 6.29. The van der Waals surface area contributed by atoms with Crippen LogP contribution in [0.1, 0.15) is 72.9 Å². The Balaban J connectivity index is 1.23. The number of hydrogen-bond acceptors (Lipinski definition) is 10. The van der Waals surface area contributed by atoms with Crippen LogP contribution in [-0.2, 0) is 37.0 Å². The molecule has 0 aromatic heterocycles. The fourth-order valence-corrected chi connectivity index (χ4v) is 6.06. The molecule has 4 amide bonds. The highest BCUT2D eigenvalue weighted by molar-refractivity contribution is 5.95. The van der Waals surface area contributed by atoms with Crippen LogP contribution in [0.25, 0.3) is 0 Å². The second-order valence-corrected chi connectivity index (χ2v) is 12.8. The standard InChI is InChI=1S/C39H46N4O10/c1-41(37(46)30-15-17-31(18-16-30)40-38(47)50-26-28-10-4-3-5-11-28)43(25-29-14-19-33(49-2)34(24-29)53-32-12-6-7-13-32)39(48)52-27-51-36(45)21-20-35(44)42-22-8-9-23-42/h3-5,10-11,14-19,24,32H,6-9,12-13,20-23,25-27H2,1-2H3,(H,40,47). The minimum atomic E-state index is -0.963. The van der Waals surface area contributed by atoms with E-state index < -0.39 is 30.9 Å². The van der Waals surface area contributed by atoms with Crippen molar-refractivity contribution in [1.29, 1.82) is 0 Å². The normalized spacial score (nSPS) is 13.9. The summed E-state index contributed by atoms with van der Waals surface area (Å²) in [4.78, 5) is 65.9. The van der Waals surface area contributed by atoms with E-state index >= 15 is 0 Å². The maximum Gasteiger partial charge on any atom is 0.432 e. The number of amides is 4. The van der Waals surface area contributed by atoms with Gasteiger partial charge in [0.25, 0.3) is 5.91 Å². The Hall–Kier alpha value is -5.79. The number of nitrogens with one attached hydrogen (secondary N) is 1. The van der Waals surface area contributed by atoms with Crippen LogP contribution in [0, 0.1) is 0 Å². The van der Waals surface area contributed by atoms with Gasteiger partial charge in [0.2, 0.25) is 12.7 Å². The molecule has 0 spiro atoms. The Morgan fingerprint density at radius 1 is 0.792 bits per heavy atom. The Morgan fingerprint density at radius 2 is 1.51 bits per heavy atom. The number of carbonyl (C=O) groups is 5. The van der Waals surface area contributed by atoms with Crippen molar-refractivity contribution in [2.75, 3.05) is 39.4 Å². The van der Waals surface area contributed by atoms with Crippen molar-refractivity contribution >= 4 is 35.7 Å². The summed E-state index contributed by atoms with van der Waals surface area (Å²) in [7, 11) is 2.96. The van der Waals surface area contributed by atoms with Gasteiger partial charge in [0.15, 0.2) is 11.5 Å². The second kappa shape index (κ2) is 19.2. The summed E-state index contributed by atoms with van der Waals surface area (Å²) < 4.78 is 27.4. The van der Waals surface area contributed by atoms with Crippen molar-refractivity contribution in [3.8, 4) is 11.5 Å². The largest absolute Gasteiger partial charge is 0.493 e. The first-order valence-electron chi connectivity index (χ1n) is 17.8. The fraction of sp³-hybridized carbons (Fsp3) is 0.410. The molecule has 3 aromatic rings. The van der Waals surface area contributed by atoms with Crippen LogP contribution >= 0.6 is 0 Å². The number of hydrazine groups is 1. The maximum absolute atomic E-state index is 13.7. The van der Waals surface area contributed by atoms with Gasteiger partial charge < -0.3 is 28.6 Å². The van der Waals surface area contributed by atoms with E-state index in [0.717, 1.165) is 54.1 Å². The molecule has 5 rings (SSSR count). The average molecular weight is 731 g/mol. The van der Waals surface area contributed by atoms with Gasteiger partial charge >= 0.3 is 18.2 Å². The molecule has 1 aliphatic carbocycles. The summed E-state index contributed by atoms with van der Waals surface area (Å²) >= 11 is 0. The Labute approximate surface area is 308 Å². The Morgan fingerprint density at radius 3 is 2.21 bits per heavy atom. The number of benzene rings is 3. The zero-order valence-electron chi connectivity index (χ0n) is 30.1. The first-order chi connectivity index (χ1) is 25.7. The summed E-state index contributed by atoms with van der Waals surface area (Å²) in [6.07, 6.45) is 4.18. The third-order valence-corrected chi connectivity index (χ3v) is 9.02. The summed E-state index contributed by atoms with van der Waals surface area (Å²) in [5.41, 5.74) is 2.06. The second-order valence-electron chi connectivity index (χ2n) is 12.8. The molecule has 14 nitrogen and oxygen atoms in total. The first kappa shape index (κ1) is 38.4. The third-order valence-electron chi connectivity index (χ3n) is 9.02. The zero-order valence-corrected chi connectivity index (χ0v) is 30.1. The van der Waals surface area contributed by atoms with E-state index in [1.54, 1.807) is 30.2 Å². The van der Waals surface area contributed by atoms with Gasteiger partial charge in [-0.15, -0.1) is 0 Å². The zero-order chi connectivity index (χ0) is 37.6. The molecular weight excluding hydrogens is 684 g/mol. The van der Waals surface area contributed by atoms with Crippen molar-refractivity contribution < 1.29 is 47.7 Å². The van der Waals surface area contributed by atoms with Gasteiger partial charge in [0.05, 0.1) is 26.2 Å². The lowest BCUT2D eigenvalue weighted by Gasteiger charge is -2.31. The first-order valence-corrected chi connectivity index (χ1v) is 17.8. The smallest absolute Gasteiger partial charge is 0.432 e. The Bertz CT molecular complexity index is 1710.